The van der Waals surface area contributed by atoms with Crippen LogP contribution in [-0.4, -0.2) is 16.7 Å². The fourth-order valence-electron chi connectivity index (χ4n) is 2.34. The van der Waals surface area contributed by atoms with Crippen molar-refractivity contribution < 1.29 is 4.74 Å². The fraction of sp³-hybridized carbons (Fsp3) is 0.133. The number of nitrogens with zero attached hydrogens (tertiary/aromatic N) is 2. The van der Waals surface area contributed by atoms with E-state index in [2.05, 4.69) is 4.98 Å². The monoisotopic (exact) mass is 321 g/mol. The normalized spacial score (nSPS) is 11.0. The van der Waals surface area contributed by atoms with Crippen LogP contribution in [0.1, 0.15) is 5.56 Å². The third kappa shape index (κ3) is 2.41. The van der Waals surface area contributed by atoms with Gasteiger partial charge in [0.1, 0.15) is 11.3 Å². The lowest BCUT2D eigenvalue weighted by Gasteiger charge is -2.12. The molecule has 1 aromatic heterocycles. The molecule has 3 aromatic rings. The molecular formula is C15H13Cl2N3O. The Hall–Kier alpha value is -1.91. The molecule has 6 heteroatoms. The first-order valence-corrected chi connectivity index (χ1v) is 7.09. The number of para-hydroxylation sites is 1. The Morgan fingerprint density at radius 3 is 2.62 bits per heavy atom. The molecule has 2 aromatic carbocycles. The first-order chi connectivity index (χ1) is 10.1. The molecule has 0 unspecified atom stereocenters. The van der Waals surface area contributed by atoms with E-state index in [-0.39, 0.29) is 0 Å². The number of imidazole rings is 1. The second-order valence-corrected chi connectivity index (χ2v) is 5.40. The molecule has 0 saturated heterocycles. The zero-order valence-electron chi connectivity index (χ0n) is 11.3. The Bertz CT molecular complexity index is 814. The zero-order chi connectivity index (χ0) is 15.0. The summed E-state index contributed by atoms with van der Waals surface area (Å²) in [7, 11) is 1.61. The van der Waals surface area contributed by atoms with Crippen LogP contribution in [0.4, 0.5) is 5.95 Å². The standard InChI is InChI=1S/C15H13Cl2N3O/c1-21-13-7-3-4-10(16)9(13)8-20-12-6-2-5-11(17)14(12)19-15(20)18/h2-7H,8H2,1H3,(H2,18,19). The molecule has 0 spiro atoms. The number of anilines is 1. The quantitative estimate of drug-likeness (QED) is 0.793. The van der Waals surface area contributed by atoms with Crippen LogP contribution >= 0.6 is 23.2 Å². The summed E-state index contributed by atoms with van der Waals surface area (Å²) in [5.41, 5.74) is 8.42. The molecule has 0 atom stereocenters. The van der Waals surface area contributed by atoms with Crippen molar-refractivity contribution in [1.29, 1.82) is 0 Å². The minimum Gasteiger partial charge on any atom is -0.496 e. The van der Waals surface area contributed by atoms with Gasteiger partial charge in [-0.3, -0.25) is 0 Å². The number of halogens is 2. The molecule has 0 radical (unpaired) electrons. The Morgan fingerprint density at radius 2 is 1.86 bits per heavy atom. The average molecular weight is 322 g/mol. The van der Waals surface area contributed by atoms with Crippen LogP contribution in [0.25, 0.3) is 11.0 Å². The molecule has 0 bridgehead atoms. The molecule has 0 amide bonds. The number of nitrogen functional groups attached to an aromatic ring is 1. The number of hydrogen-bond donors (Lipinski definition) is 1. The van der Waals surface area contributed by atoms with Crippen molar-refractivity contribution in [2.45, 2.75) is 6.54 Å². The zero-order valence-corrected chi connectivity index (χ0v) is 12.8. The molecule has 0 aliphatic rings. The lowest BCUT2D eigenvalue weighted by molar-refractivity contribution is 0.409. The highest BCUT2D eigenvalue weighted by Crippen LogP contribution is 2.31. The highest BCUT2D eigenvalue weighted by atomic mass is 35.5. The van der Waals surface area contributed by atoms with E-state index in [9.17, 15) is 0 Å². The van der Waals surface area contributed by atoms with Crippen LogP contribution in [0, 0.1) is 0 Å². The van der Waals surface area contributed by atoms with E-state index < -0.39 is 0 Å². The molecule has 0 aliphatic carbocycles. The molecule has 4 nitrogen and oxygen atoms in total. The second-order valence-electron chi connectivity index (χ2n) is 4.58. The summed E-state index contributed by atoms with van der Waals surface area (Å²) in [6.45, 7) is 0.464. The molecule has 21 heavy (non-hydrogen) atoms. The topological polar surface area (TPSA) is 53.1 Å². The maximum absolute atomic E-state index is 6.28. The number of hydrogen-bond acceptors (Lipinski definition) is 3. The van der Waals surface area contributed by atoms with Crippen molar-refractivity contribution in [3.8, 4) is 5.75 Å². The van der Waals surface area contributed by atoms with E-state index in [0.29, 0.717) is 33.8 Å². The van der Waals surface area contributed by atoms with Crippen molar-refractivity contribution >= 4 is 40.2 Å². The lowest BCUT2D eigenvalue weighted by atomic mass is 10.2. The Morgan fingerprint density at radius 1 is 1.14 bits per heavy atom. The predicted octanol–water partition coefficient (Wildman–Crippen LogP) is 3.98. The average Bonchev–Trinajstić information content (AvgIpc) is 2.79. The maximum atomic E-state index is 6.28. The number of rotatable bonds is 3. The summed E-state index contributed by atoms with van der Waals surface area (Å²) < 4.78 is 7.23. The fourth-order valence-corrected chi connectivity index (χ4v) is 2.78. The SMILES string of the molecule is COc1cccc(Cl)c1Cn1c(N)nc2c(Cl)cccc21. The minimum absolute atomic E-state index is 0.389. The molecule has 3 rings (SSSR count). The molecule has 0 saturated carbocycles. The Kier molecular flexibility index (Phi) is 3.66. The van der Waals surface area contributed by atoms with Crippen LogP contribution in [0.3, 0.4) is 0 Å². The van der Waals surface area contributed by atoms with E-state index in [4.69, 9.17) is 33.7 Å². The number of ether oxygens (including phenoxy) is 1. The van der Waals surface area contributed by atoms with Crippen LogP contribution < -0.4 is 10.5 Å². The number of methoxy groups -OCH3 is 1. The summed E-state index contributed by atoms with van der Waals surface area (Å²) in [4.78, 5) is 4.32. The third-order valence-electron chi connectivity index (χ3n) is 3.37. The van der Waals surface area contributed by atoms with E-state index in [1.807, 2.05) is 34.9 Å². The molecule has 0 fully saturated rings. The lowest BCUT2D eigenvalue weighted by Crippen LogP contribution is -2.06. The summed E-state index contributed by atoms with van der Waals surface area (Å²) in [6.07, 6.45) is 0. The van der Waals surface area contributed by atoms with Gasteiger partial charge in [-0.15, -0.1) is 0 Å². The van der Waals surface area contributed by atoms with Gasteiger partial charge in [0.15, 0.2) is 0 Å². The molecule has 108 valence electrons. The van der Waals surface area contributed by atoms with Crippen LogP contribution in [0.5, 0.6) is 5.75 Å². The number of fused-ring (bicyclic) bond motifs is 1. The van der Waals surface area contributed by atoms with Gasteiger partial charge in [0.2, 0.25) is 5.95 Å². The van der Waals surface area contributed by atoms with Crippen molar-refractivity contribution in [3.05, 3.63) is 52.0 Å². The molecule has 0 aliphatic heterocycles. The summed E-state index contributed by atoms with van der Waals surface area (Å²) in [5, 5.41) is 1.20. The van der Waals surface area contributed by atoms with Crippen LogP contribution in [0.2, 0.25) is 10.0 Å². The summed E-state index contributed by atoms with van der Waals surface area (Å²) in [5.74, 6) is 1.10. The van der Waals surface area contributed by atoms with E-state index in [0.717, 1.165) is 11.1 Å². The predicted molar refractivity (Wildman–Crippen MR) is 86.3 cm³/mol. The summed E-state index contributed by atoms with van der Waals surface area (Å²) in [6, 6.07) is 11.1. The van der Waals surface area contributed by atoms with Gasteiger partial charge in [-0.05, 0) is 24.3 Å². The molecule has 1 heterocycles. The van der Waals surface area contributed by atoms with Crippen molar-refractivity contribution in [1.82, 2.24) is 9.55 Å². The van der Waals surface area contributed by atoms with Crippen LogP contribution in [-0.2, 0) is 6.54 Å². The Labute approximate surface area is 132 Å². The molecule has 2 N–H and O–H groups in total. The van der Waals surface area contributed by atoms with Gasteiger partial charge < -0.3 is 15.0 Å². The highest BCUT2D eigenvalue weighted by Gasteiger charge is 2.14. The first-order valence-electron chi connectivity index (χ1n) is 6.33. The maximum Gasteiger partial charge on any atom is 0.201 e. The number of benzene rings is 2. The van der Waals surface area contributed by atoms with Gasteiger partial charge in [0.25, 0.3) is 0 Å². The largest absolute Gasteiger partial charge is 0.496 e. The van der Waals surface area contributed by atoms with E-state index in [1.165, 1.54) is 0 Å². The van der Waals surface area contributed by atoms with E-state index >= 15 is 0 Å². The minimum atomic E-state index is 0.389. The molecular weight excluding hydrogens is 309 g/mol. The highest BCUT2D eigenvalue weighted by molar-refractivity contribution is 6.35. The third-order valence-corrected chi connectivity index (χ3v) is 4.03. The van der Waals surface area contributed by atoms with Gasteiger partial charge in [-0.1, -0.05) is 35.3 Å². The summed E-state index contributed by atoms with van der Waals surface area (Å²) >= 11 is 12.4. The first kappa shape index (κ1) is 14.0. The van der Waals surface area contributed by atoms with Crippen LogP contribution in [0.15, 0.2) is 36.4 Å². The Balaban J connectivity index is 2.15. The van der Waals surface area contributed by atoms with E-state index in [1.54, 1.807) is 13.2 Å². The smallest absolute Gasteiger partial charge is 0.201 e. The van der Waals surface area contributed by atoms with Gasteiger partial charge in [0, 0.05) is 10.6 Å². The number of nitrogens with two attached hydrogens (primary N) is 1. The second kappa shape index (κ2) is 5.47. The van der Waals surface area contributed by atoms with Crippen molar-refractivity contribution in [2.24, 2.45) is 0 Å². The van der Waals surface area contributed by atoms with Gasteiger partial charge in [0.05, 0.1) is 24.2 Å². The van der Waals surface area contributed by atoms with Gasteiger partial charge in [-0.25, -0.2) is 4.98 Å². The number of aromatic nitrogens is 2. The van der Waals surface area contributed by atoms with Gasteiger partial charge in [-0.2, -0.15) is 0 Å². The van der Waals surface area contributed by atoms with Gasteiger partial charge >= 0.3 is 0 Å². The van der Waals surface area contributed by atoms with Crippen molar-refractivity contribution in [2.75, 3.05) is 12.8 Å². The van der Waals surface area contributed by atoms with Crippen molar-refractivity contribution in [3.63, 3.8) is 0 Å².